The van der Waals surface area contributed by atoms with Gasteiger partial charge in [0.15, 0.2) is 5.43 Å². The number of benzene rings is 1. The maximum atomic E-state index is 13.1. The second-order valence-corrected chi connectivity index (χ2v) is 9.23. The zero-order chi connectivity index (χ0) is 22.5. The minimum Gasteiger partial charge on any atom is -0.364 e. The molecular formula is C26H25N5O2. The number of piperidine rings is 1. The average molecular weight is 440 g/mol. The van der Waals surface area contributed by atoms with E-state index in [9.17, 15) is 9.59 Å². The van der Waals surface area contributed by atoms with Crippen LogP contribution in [0.3, 0.4) is 0 Å². The number of carbonyl (C=O) groups is 1. The molecule has 1 saturated heterocycles. The topological polar surface area (TPSA) is 105 Å². The fourth-order valence-electron chi connectivity index (χ4n) is 5.70. The largest absolute Gasteiger partial charge is 0.364 e. The van der Waals surface area contributed by atoms with Gasteiger partial charge in [0.2, 0.25) is 0 Å². The summed E-state index contributed by atoms with van der Waals surface area (Å²) in [5.74, 6) is 1.72. The summed E-state index contributed by atoms with van der Waals surface area (Å²) in [4.78, 5) is 39.7. The number of nitrogens with one attached hydrogen (secondary N) is 1. The average Bonchev–Trinajstić information content (AvgIpc) is 3.30. The Labute approximate surface area is 190 Å². The Kier molecular flexibility index (Phi) is 4.64. The Morgan fingerprint density at radius 2 is 1.94 bits per heavy atom. The Balaban J connectivity index is 1.54. The van der Waals surface area contributed by atoms with E-state index in [1.165, 1.54) is 37.9 Å². The highest BCUT2D eigenvalue weighted by Gasteiger charge is 2.34. The number of rotatable bonds is 3. The lowest BCUT2D eigenvalue weighted by Crippen LogP contribution is -2.39. The first-order chi connectivity index (χ1) is 16.1. The molecule has 1 aromatic carbocycles. The zero-order valence-electron chi connectivity index (χ0n) is 18.3. The third-order valence-corrected chi connectivity index (χ3v) is 7.31. The third kappa shape index (κ3) is 3.35. The van der Waals surface area contributed by atoms with Crippen molar-refractivity contribution in [2.24, 2.45) is 17.6 Å². The van der Waals surface area contributed by atoms with Crippen LogP contribution in [0, 0.1) is 11.8 Å². The summed E-state index contributed by atoms with van der Waals surface area (Å²) in [6.45, 7) is 1.96. The van der Waals surface area contributed by atoms with E-state index in [1.54, 1.807) is 6.07 Å². The van der Waals surface area contributed by atoms with Crippen molar-refractivity contribution in [2.45, 2.75) is 25.7 Å². The molecule has 3 aromatic heterocycles. The molecule has 2 fully saturated rings. The van der Waals surface area contributed by atoms with Crippen LogP contribution in [0.1, 0.15) is 36.2 Å². The van der Waals surface area contributed by atoms with Gasteiger partial charge in [-0.1, -0.05) is 31.0 Å². The summed E-state index contributed by atoms with van der Waals surface area (Å²) in [5.41, 5.74) is 8.20. The molecule has 1 amide bonds. The Morgan fingerprint density at radius 3 is 2.82 bits per heavy atom. The molecule has 7 heteroatoms. The molecule has 2 aliphatic rings. The zero-order valence-corrected chi connectivity index (χ0v) is 18.3. The molecule has 7 nitrogen and oxygen atoms in total. The van der Waals surface area contributed by atoms with E-state index in [1.807, 2.05) is 24.3 Å². The minimum atomic E-state index is -0.716. The van der Waals surface area contributed by atoms with Crippen molar-refractivity contribution in [1.82, 2.24) is 15.0 Å². The van der Waals surface area contributed by atoms with Crippen molar-refractivity contribution in [3.63, 3.8) is 0 Å². The molecule has 4 aromatic rings. The molecule has 4 heterocycles. The first-order valence-electron chi connectivity index (χ1n) is 11.6. The Morgan fingerprint density at radius 1 is 1.09 bits per heavy atom. The lowest BCUT2D eigenvalue weighted by atomic mass is 9.88. The fourth-order valence-corrected chi connectivity index (χ4v) is 5.70. The fraction of sp³-hybridized carbons (Fsp3) is 0.308. The molecule has 1 aliphatic carbocycles. The number of aromatic nitrogens is 3. The number of hydrogen-bond acceptors (Lipinski definition) is 5. The highest BCUT2D eigenvalue weighted by atomic mass is 16.1. The van der Waals surface area contributed by atoms with Crippen LogP contribution in [-0.2, 0) is 0 Å². The van der Waals surface area contributed by atoms with Crippen LogP contribution >= 0.6 is 0 Å². The molecule has 0 unspecified atom stereocenters. The summed E-state index contributed by atoms with van der Waals surface area (Å²) >= 11 is 0. The number of nitrogens with zero attached hydrogens (tertiary/aromatic N) is 3. The molecule has 0 bridgehead atoms. The highest BCUT2D eigenvalue weighted by Crippen LogP contribution is 2.41. The smallest absolute Gasteiger partial charge is 0.268 e. The van der Waals surface area contributed by atoms with Crippen LogP contribution in [0.5, 0.6) is 0 Å². The Bertz CT molecular complexity index is 1460. The van der Waals surface area contributed by atoms with Gasteiger partial charge in [0.1, 0.15) is 11.5 Å². The normalized spacial score (nSPS) is 20.3. The van der Waals surface area contributed by atoms with Crippen LogP contribution in [-0.4, -0.2) is 33.9 Å². The Hall–Kier alpha value is -3.74. The molecule has 6 rings (SSSR count). The third-order valence-electron chi connectivity index (χ3n) is 7.31. The van der Waals surface area contributed by atoms with E-state index >= 15 is 0 Å². The molecule has 166 valence electrons. The lowest BCUT2D eigenvalue weighted by Gasteiger charge is -2.37. The highest BCUT2D eigenvalue weighted by molar-refractivity contribution is 6.04. The first-order valence-corrected chi connectivity index (χ1v) is 11.6. The number of nitrogens with two attached hydrogens (primary N) is 1. The summed E-state index contributed by atoms with van der Waals surface area (Å²) in [6.07, 6.45) is 6.60. The van der Waals surface area contributed by atoms with E-state index in [-0.39, 0.29) is 16.5 Å². The summed E-state index contributed by atoms with van der Waals surface area (Å²) in [6, 6.07) is 13.4. The number of aromatic amines is 1. The van der Waals surface area contributed by atoms with Crippen LogP contribution in [0.15, 0.2) is 53.5 Å². The number of carbonyl (C=O) groups excluding carboxylic acids is 1. The van der Waals surface area contributed by atoms with Crippen LogP contribution in [0.25, 0.3) is 33.1 Å². The van der Waals surface area contributed by atoms with Gasteiger partial charge in [0.25, 0.3) is 5.91 Å². The van der Waals surface area contributed by atoms with E-state index in [4.69, 9.17) is 10.7 Å². The van der Waals surface area contributed by atoms with Gasteiger partial charge >= 0.3 is 0 Å². The number of anilines is 1. The van der Waals surface area contributed by atoms with Gasteiger partial charge < -0.3 is 15.6 Å². The number of fused-ring (bicyclic) bond motifs is 3. The van der Waals surface area contributed by atoms with Crippen molar-refractivity contribution in [2.75, 3.05) is 18.0 Å². The summed E-state index contributed by atoms with van der Waals surface area (Å²) in [5, 5.41) is 1.23. The number of primary amides is 1. The van der Waals surface area contributed by atoms with Crippen LogP contribution in [0.4, 0.5) is 5.82 Å². The number of hydrogen-bond donors (Lipinski definition) is 2. The molecule has 3 N–H and O–H groups in total. The summed E-state index contributed by atoms with van der Waals surface area (Å²) in [7, 11) is 0. The van der Waals surface area contributed by atoms with E-state index in [0.29, 0.717) is 17.1 Å². The lowest BCUT2D eigenvalue weighted by molar-refractivity contribution is 0.0997. The minimum absolute atomic E-state index is 0.0135. The van der Waals surface area contributed by atoms with Crippen molar-refractivity contribution >= 4 is 33.5 Å². The van der Waals surface area contributed by atoms with Gasteiger partial charge in [-0.25, -0.2) is 4.98 Å². The number of pyridine rings is 3. The molecule has 1 aliphatic heterocycles. The predicted molar refractivity (Wildman–Crippen MR) is 129 cm³/mol. The molecule has 0 radical (unpaired) electrons. The molecule has 0 spiro atoms. The van der Waals surface area contributed by atoms with Crippen molar-refractivity contribution < 1.29 is 4.79 Å². The van der Waals surface area contributed by atoms with Gasteiger partial charge in [-0.2, -0.15) is 0 Å². The molecule has 33 heavy (non-hydrogen) atoms. The second-order valence-electron chi connectivity index (χ2n) is 9.23. The van der Waals surface area contributed by atoms with Gasteiger partial charge in [-0.3, -0.25) is 14.6 Å². The van der Waals surface area contributed by atoms with Crippen molar-refractivity contribution in [3.05, 3.63) is 64.6 Å². The van der Waals surface area contributed by atoms with Crippen LogP contribution in [0.2, 0.25) is 0 Å². The van der Waals surface area contributed by atoms with E-state index < -0.39 is 5.91 Å². The SMILES string of the molecule is NC(=O)c1nccc2[nH]c(-c3cc4ccccc4nc3N3CC[C@@H]4CCC[C@@H]4C3)cc(=O)c12. The maximum Gasteiger partial charge on any atom is 0.268 e. The molecule has 2 atom stereocenters. The van der Waals surface area contributed by atoms with Gasteiger partial charge in [-0.15, -0.1) is 0 Å². The maximum absolute atomic E-state index is 13.1. The van der Waals surface area contributed by atoms with Gasteiger partial charge in [-0.05, 0) is 42.9 Å². The van der Waals surface area contributed by atoms with Gasteiger partial charge in [0.05, 0.1) is 22.1 Å². The van der Waals surface area contributed by atoms with Crippen molar-refractivity contribution in [3.8, 4) is 11.3 Å². The molecular weight excluding hydrogens is 414 g/mol. The van der Waals surface area contributed by atoms with E-state index in [2.05, 4.69) is 20.9 Å². The predicted octanol–water partition coefficient (Wildman–Crippen LogP) is 3.86. The number of amides is 1. The number of H-pyrrole nitrogens is 1. The quantitative estimate of drug-likeness (QED) is 0.504. The monoisotopic (exact) mass is 439 g/mol. The van der Waals surface area contributed by atoms with E-state index in [0.717, 1.165) is 41.3 Å². The van der Waals surface area contributed by atoms with Gasteiger partial charge in [0, 0.05) is 36.3 Å². The van der Waals surface area contributed by atoms with Crippen LogP contribution < -0.4 is 16.1 Å². The molecule has 1 saturated carbocycles. The summed E-state index contributed by atoms with van der Waals surface area (Å²) < 4.78 is 0. The number of para-hydroxylation sites is 1. The standard InChI is InChI=1S/C26H25N5O2/c27-25(33)24-23-20(8-10-28-24)29-21(13-22(23)32)18-12-16-4-1-2-7-19(16)30-26(18)31-11-9-15-5-3-6-17(15)14-31/h1-2,4,7-8,10,12-13,15,17H,3,5-6,9,11,14H2,(H2,27,33)(H,29,32)/t15-,17+/m0/s1. The first kappa shape index (κ1) is 19.9. The van der Waals surface area contributed by atoms with Crippen molar-refractivity contribution in [1.29, 1.82) is 0 Å². The second kappa shape index (κ2) is 7.69.